The number of nitrogens with one attached hydrogen (secondary N) is 2. The van der Waals surface area contributed by atoms with Crippen LogP contribution in [-0.2, 0) is 4.79 Å². The second-order valence-electron chi connectivity index (χ2n) is 6.96. The molecule has 0 saturated carbocycles. The predicted octanol–water partition coefficient (Wildman–Crippen LogP) is 5.61. The molecule has 0 aliphatic carbocycles. The summed E-state index contributed by atoms with van der Waals surface area (Å²) in [7, 11) is 0. The van der Waals surface area contributed by atoms with Crippen LogP contribution in [0.3, 0.4) is 0 Å². The number of nitrogens with zero attached hydrogens (tertiary/aromatic N) is 1. The van der Waals surface area contributed by atoms with E-state index >= 15 is 0 Å². The van der Waals surface area contributed by atoms with Gasteiger partial charge in [-0.05, 0) is 71.2 Å². The summed E-state index contributed by atoms with van der Waals surface area (Å²) in [5.41, 5.74) is 6.42. The number of benzene rings is 3. The summed E-state index contributed by atoms with van der Waals surface area (Å²) in [5.74, 6) is -0.179. The summed E-state index contributed by atoms with van der Waals surface area (Å²) < 4.78 is 7.21. The van der Waals surface area contributed by atoms with Crippen molar-refractivity contribution in [2.45, 2.75) is 13.8 Å². The maximum absolute atomic E-state index is 12.4. The fourth-order valence-electron chi connectivity index (χ4n) is 2.85. The molecule has 0 unspecified atom stereocenters. The summed E-state index contributed by atoms with van der Waals surface area (Å²) in [4.78, 5) is 24.6. The number of hydrazone groups is 1. The first-order chi connectivity index (χ1) is 15.3. The Morgan fingerprint density at radius 1 is 1.03 bits per heavy atom. The van der Waals surface area contributed by atoms with Gasteiger partial charge in [0.2, 0.25) is 0 Å². The molecule has 32 heavy (non-hydrogen) atoms. The largest absolute Gasteiger partial charge is 0.482 e. The van der Waals surface area contributed by atoms with Crippen LogP contribution in [0.4, 0.5) is 5.69 Å². The second kappa shape index (κ2) is 11.1. The first-order valence-electron chi connectivity index (χ1n) is 9.71. The molecule has 0 bridgehead atoms. The van der Waals surface area contributed by atoms with E-state index in [1.165, 1.54) is 6.21 Å². The lowest BCUT2D eigenvalue weighted by Crippen LogP contribution is -2.21. The summed E-state index contributed by atoms with van der Waals surface area (Å²) in [6, 6.07) is 18.1. The number of carbonyl (C=O) groups excluding carboxylic acids is 2. The van der Waals surface area contributed by atoms with Gasteiger partial charge < -0.3 is 10.1 Å². The monoisotopic (exact) mass is 557 g/mol. The van der Waals surface area contributed by atoms with E-state index < -0.39 is 0 Å². The molecule has 0 heterocycles. The molecule has 0 fully saturated rings. The molecule has 0 aliphatic rings. The van der Waals surface area contributed by atoms with Gasteiger partial charge in [-0.25, -0.2) is 5.43 Å². The molecule has 164 valence electrons. The Balaban J connectivity index is 1.69. The van der Waals surface area contributed by atoms with Crippen molar-refractivity contribution in [3.05, 3.63) is 91.9 Å². The van der Waals surface area contributed by atoms with E-state index in [1.54, 1.807) is 36.4 Å². The van der Waals surface area contributed by atoms with E-state index in [9.17, 15) is 9.59 Å². The lowest BCUT2D eigenvalue weighted by atomic mass is 10.1. The van der Waals surface area contributed by atoms with Crippen LogP contribution in [0, 0.1) is 13.8 Å². The smallest absolute Gasteiger partial charge is 0.271 e. The standard InChI is InChI=1S/C24H21Br2N3O3/c1-15-7-6-10-21(16(15)2)28-22(30)14-32-23-18(11-19(25)12-20(23)26)13-27-29-24(31)17-8-4-3-5-9-17/h3-13H,14H2,1-2H3,(H,28,30)(H,29,31)/b27-13+. The van der Waals surface area contributed by atoms with Crippen molar-refractivity contribution in [2.24, 2.45) is 5.10 Å². The maximum atomic E-state index is 12.4. The van der Waals surface area contributed by atoms with Crippen molar-refractivity contribution in [1.29, 1.82) is 0 Å². The van der Waals surface area contributed by atoms with Crippen LogP contribution < -0.4 is 15.5 Å². The highest BCUT2D eigenvalue weighted by Crippen LogP contribution is 2.32. The SMILES string of the molecule is Cc1cccc(NC(=O)COc2c(Br)cc(Br)cc2/C=N/NC(=O)c2ccccc2)c1C. The van der Waals surface area contributed by atoms with Crippen molar-refractivity contribution in [2.75, 3.05) is 11.9 Å². The van der Waals surface area contributed by atoms with Gasteiger partial charge in [0, 0.05) is 21.3 Å². The Kier molecular flexibility index (Phi) is 8.19. The molecular formula is C24H21Br2N3O3. The minimum atomic E-state index is -0.328. The first-order valence-corrected chi connectivity index (χ1v) is 11.3. The zero-order chi connectivity index (χ0) is 23.1. The Morgan fingerprint density at radius 2 is 1.78 bits per heavy atom. The van der Waals surface area contributed by atoms with Gasteiger partial charge in [-0.2, -0.15) is 5.10 Å². The van der Waals surface area contributed by atoms with E-state index in [-0.39, 0.29) is 18.4 Å². The van der Waals surface area contributed by atoms with Gasteiger partial charge in [0.25, 0.3) is 11.8 Å². The number of hydrogen-bond acceptors (Lipinski definition) is 4. The molecule has 3 rings (SSSR count). The fraction of sp³-hybridized carbons (Fsp3) is 0.125. The average molecular weight is 559 g/mol. The Bertz CT molecular complexity index is 1160. The van der Waals surface area contributed by atoms with Crippen molar-refractivity contribution in [1.82, 2.24) is 5.43 Å². The number of rotatable bonds is 7. The topological polar surface area (TPSA) is 79.8 Å². The molecule has 0 saturated heterocycles. The van der Waals surface area contributed by atoms with Crippen molar-refractivity contribution in [3.8, 4) is 5.75 Å². The molecule has 2 N–H and O–H groups in total. The highest BCUT2D eigenvalue weighted by atomic mass is 79.9. The maximum Gasteiger partial charge on any atom is 0.271 e. The number of anilines is 1. The van der Waals surface area contributed by atoms with Gasteiger partial charge in [-0.15, -0.1) is 0 Å². The number of amides is 2. The Hall–Kier alpha value is -2.97. The number of carbonyl (C=O) groups is 2. The van der Waals surface area contributed by atoms with Gasteiger partial charge in [-0.3, -0.25) is 9.59 Å². The lowest BCUT2D eigenvalue weighted by Gasteiger charge is -2.13. The van der Waals surface area contributed by atoms with Gasteiger partial charge in [0.1, 0.15) is 5.75 Å². The summed E-state index contributed by atoms with van der Waals surface area (Å²) in [5, 5.41) is 6.90. The Labute approximate surface area is 203 Å². The van der Waals surface area contributed by atoms with Crippen molar-refractivity contribution in [3.63, 3.8) is 0 Å². The molecule has 3 aromatic rings. The molecule has 2 amide bonds. The summed E-state index contributed by atoms with van der Waals surface area (Å²) in [6.45, 7) is 3.75. The quantitative estimate of drug-likeness (QED) is 0.292. The van der Waals surface area contributed by atoms with Gasteiger partial charge in [0.15, 0.2) is 6.61 Å². The minimum Gasteiger partial charge on any atom is -0.482 e. The zero-order valence-electron chi connectivity index (χ0n) is 17.5. The van der Waals surface area contributed by atoms with E-state index in [0.717, 1.165) is 21.3 Å². The van der Waals surface area contributed by atoms with Gasteiger partial charge in [0.05, 0.1) is 10.7 Å². The second-order valence-corrected chi connectivity index (χ2v) is 8.73. The third-order valence-electron chi connectivity index (χ3n) is 4.67. The normalized spacial score (nSPS) is 10.8. The first kappa shape index (κ1) is 23.7. The lowest BCUT2D eigenvalue weighted by molar-refractivity contribution is -0.118. The van der Waals surface area contributed by atoms with Crippen molar-refractivity contribution < 1.29 is 14.3 Å². The van der Waals surface area contributed by atoms with Crippen LogP contribution in [0.5, 0.6) is 5.75 Å². The minimum absolute atomic E-state index is 0.190. The molecular weight excluding hydrogens is 538 g/mol. The number of halogens is 2. The molecule has 6 nitrogen and oxygen atoms in total. The highest BCUT2D eigenvalue weighted by molar-refractivity contribution is 9.11. The predicted molar refractivity (Wildman–Crippen MR) is 133 cm³/mol. The van der Waals surface area contributed by atoms with E-state index in [4.69, 9.17) is 4.74 Å². The molecule has 0 radical (unpaired) electrons. The van der Waals surface area contributed by atoms with E-state index in [0.29, 0.717) is 21.3 Å². The summed E-state index contributed by atoms with van der Waals surface area (Å²) in [6.07, 6.45) is 1.47. The van der Waals surface area contributed by atoms with Gasteiger partial charge in [-0.1, -0.05) is 46.3 Å². The van der Waals surface area contributed by atoms with Crippen LogP contribution in [0.15, 0.2) is 74.7 Å². The van der Waals surface area contributed by atoms with Crippen LogP contribution in [0.2, 0.25) is 0 Å². The number of aryl methyl sites for hydroxylation is 1. The molecule has 3 aromatic carbocycles. The molecule has 0 spiro atoms. The number of ether oxygens (including phenoxy) is 1. The molecule has 0 aliphatic heterocycles. The molecule has 8 heteroatoms. The van der Waals surface area contributed by atoms with E-state index in [1.807, 2.05) is 38.1 Å². The highest BCUT2D eigenvalue weighted by Gasteiger charge is 2.13. The van der Waals surface area contributed by atoms with E-state index in [2.05, 4.69) is 47.7 Å². The van der Waals surface area contributed by atoms with Crippen LogP contribution in [-0.4, -0.2) is 24.6 Å². The third kappa shape index (κ3) is 6.27. The summed E-state index contributed by atoms with van der Waals surface area (Å²) >= 11 is 6.89. The molecule has 0 aromatic heterocycles. The van der Waals surface area contributed by atoms with Crippen LogP contribution in [0.25, 0.3) is 0 Å². The average Bonchev–Trinajstić information content (AvgIpc) is 2.76. The number of hydrogen-bond donors (Lipinski definition) is 2. The fourth-order valence-corrected chi connectivity index (χ4v) is 4.23. The zero-order valence-corrected chi connectivity index (χ0v) is 20.7. The molecule has 0 atom stereocenters. The van der Waals surface area contributed by atoms with Crippen LogP contribution >= 0.6 is 31.9 Å². The van der Waals surface area contributed by atoms with Crippen molar-refractivity contribution >= 4 is 55.6 Å². The van der Waals surface area contributed by atoms with Gasteiger partial charge >= 0.3 is 0 Å². The Morgan fingerprint density at radius 3 is 2.53 bits per heavy atom. The van der Waals surface area contributed by atoms with Crippen LogP contribution in [0.1, 0.15) is 27.0 Å². The third-order valence-corrected chi connectivity index (χ3v) is 5.72.